The molecule has 1 aliphatic rings. The van der Waals surface area contributed by atoms with Gasteiger partial charge in [-0.05, 0) is 30.7 Å². The summed E-state index contributed by atoms with van der Waals surface area (Å²) in [5.74, 6) is -1.89. The van der Waals surface area contributed by atoms with Crippen LogP contribution in [-0.4, -0.2) is 37.6 Å². The van der Waals surface area contributed by atoms with Crippen molar-refractivity contribution in [3.05, 3.63) is 41.7 Å². The number of alkyl halides is 1. The van der Waals surface area contributed by atoms with Crippen molar-refractivity contribution in [1.29, 1.82) is 0 Å². The number of allylic oxidation sites excluding steroid dienone is 3. The second kappa shape index (κ2) is 6.09. The second-order valence-electron chi connectivity index (χ2n) is 4.52. The molecule has 0 fully saturated rings. The third kappa shape index (κ3) is 2.69. The van der Waals surface area contributed by atoms with Gasteiger partial charge in [-0.3, -0.25) is 4.39 Å². The molecule has 112 valence electrons. The van der Waals surface area contributed by atoms with Crippen LogP contribution in [0.4, 0.5) is 4.39 Å². The minimum Gasteiger partial charge on any atom is -0.466 e. The molecule has 0 amide bonds. The Balaban J connectivity index is 2.75. The second-order valence-corrected chi connectivity index (χ2v) is 5.43. The molecule has 1 atom stereocenters. The fourth-order valence-corrected chi connectivity index (χ4v) is 3.23. The summed E-state index contributed by atoms with van der Waals surface area (Å²) in [5.41, 5.74) is 0.923. The average Bonchev–Trinajstić information content (AvgIpc) is 2.98. The van der Waals surface area contributed by atoms with Crippen molar-refractivity contribution in [2.45, 2.75) is 6.92 Å². The van der Waals surface area contributed by atoms with Gasteiger partial charge in [-0.15, -0.1) is 0 Å². The molecule has 0 saturated heterocycles. The van der Waals surface area contributed by atoms with Gasteiger partial charge < -0.3 is 9.30 Å². The molecule has 21 heavy (non-hydrogen) atoms. The summed E-state index contributed by atoms with van der Waals surface area (Å²) in [5, 5.41) is 0. The van der Waals surface area contributed by atoms with Gasteiger partial charge in [-0.2, -0.15) is 8.42 Å². The zero-order valence-electron chi connectivity index (χ0n) is 11.5. The van der Waals surface area contributed by atoms with Crippen LogP contribution < -0.4 is 0 Å². The molecule has 0 bridgehead atoms. The van der Waals surface area contributed by atoms with Crippen molar-refractivity contribution in [2.24, 2.45) is 5.92 Å². The number of methoxy groups -OCH3 is 1. The zero-order chi connectivity index (χ0) is 15.6. The van der Waals surface area contributed by atoms with Crippen LogP contribution in [0, 0.1) is 5.92 Å². The highest BCUT2D eigenvalue weighted by Gasteiger charge is 2.34. The van der Waals surface area contributed by atoms with Crippen molar-refractivity contribution in [3.8, 4) is 0 Å². The van der Waals surface area contributed by atoms with Gasteiger partial charge in [0.15, 0.2) is 0 Å². The van der Waals surface area contributed by atoms with E-state index in [1.807, 2.05) is 0 Å². The van der Waals surface area contributed by atoms with E-state index in [1.165, 1.54) is 13.2 Å². The molecule has 7 heteroatoms. The quantitative estimate of drug-likeness (QED) is 0.626. The Hall–Kier alpha value is -2.15. The summed E-state index contributed by atoms with van der Waals surface area (Å²) in [4.78, 5) is 11.6. The minimum absolute atomic E-state index is 0.00704. The molecule has 2 rings (SSSR count). The number of ether oxygens (including phenoxy) is 1. The first kappa shape index (κ1) is 15.2. The molecule has 1 aromatic rings. The Morgan fingerprint density at radius 3 is 2.48 bits per heavy atom. The molecular weight excluding hydrogens is 297 g/mol. The van der Waals surface area contributed by atoms with Gasteiger partial charge in [-0.1, -0.05) is 0 Å². The van der Waals surface area contributed by atoms with E-state index in [0.717, 1.165) is 0 Å². The molecule has 0 aliphatic heterocycles. The lowest BCUT2D eigenvalue weighted by Crippen LogP contribution is -2.31. The monoisotopic (exact) mass is 311 g/mol. The first-order chi connectivity index (χ1) is 10.0. The molecule has 1 aromatic heterocycles. The molecule has 0 aromatic carbocycles. The standard InChI is InChI=1S/C14H14FNO4S/c1-9-7-10(14(17)20-2)11(8-15)13(21(18)19)12(9)16-5-3-4-6-16/h3-7,11H,8H2,1-2H3. The van der Waals surface area contributed by atoms with Crippen LogP contribution in [0.15, 0.2) is 41.7 Å². The first-order valence-electron chi connectivity index (χ1n) is 6.17. The number of carbonyl (C=O) groups is 1. The Labute approximate surface area is 122 Å². The van der Waals surface area contributed by atoms with E-state index >= 15 is 0 Å². The third-order valence-electron chi connectivity index (χ3n) is 3.29. The number of aromatic nitrogens is 1. The van der Waals surface area contributed by atoms with Gasteiger partial charge in [0.1, 0.15) is 11.5 Å². The van der Waals surface area contributed by atoms with Crippen LogP contribution in [0.5, 0.6) is 0 Å². The van der Waals surface area contributed by atoms with E-state index < -0.39 is 28.9 Å². The van der Waals surface area contributed by atoms with E-state index in [0.29, 0.717) is 11.3 Å². The highest BCUT2D eigenvalue weighted by atomic mass is 32.2. The fraction of sp³-hybridized carbons (Fsp3) is 0.286. The van der Waals surface area contributed by atoms with Gasteiger partial charge in [0.05, 0.1) is 18.7 Å². The van der Waals surface area contributed by atoms with Crippen molar-refractivity contribution in [1.82, 2.24) is 4.57 Å². The van der Waals surface area contributed by atoms with Crippen LogP contribution >= 0.6 is 0 Å². The maximum atomic E-state index is 13.4. The highest BCUT2D eigenvalue weighted by Crippen LogP contribution is 2.31. The number of halogens is 1. The highest BCUT2D eigenvalue weighted by molar-refractivity contribution is 7.74. The molecular formula is C14H14FNO4S. The van der Waals surface area contributed by atoms with Crippen molar-refractivity contribution < 1.29 is 22.3 Å². The lowest BCUT2D eigenvalue weighted by Gasteiger charge is -2.25. The van der Waals surface area contributed by atoms with Crippen LogP contribution in [0.1, 0.15) is 6.92 Å². The lowest BCUT2D eigenvalue weighted by molar-refractivity contribution is -0.136. The van der Waals surface area contributed by atoms with Crippen LogP contribution in [0.25, 0.3) is 5.70 Å². The van der Waals surface area contributed by atoms with Crippen molar-refractivity contribution in [2.75, 3.05) is 13.8 Å². The van der Waals surface area contributed by atoms with Crippen molar-refractivity contribution >= 4 is 26.8 Å². The first-order valence-corrected chi connectivity index (χ1v) is 7.25. The summed E-state index contributed by atoms with van der Waals surface area (Å²) >= 11 is 0. The molecule has 0 N–H and O–H groups in total. The lowest BCUT2D eigenvalue weighted by atomic mass is 9.87. The maximum Gasteiger partial charge on any atom is 0.334 e. The Kier molecular flexibility index (Phi) is 4.42. The van der Waals surface area contributed by atoms with E-state index in [-0.39, 0.29) is 10.4 Å². The van der Waals surface area contributed by atoms with E-state index in [1.54, 1.807) is 36.0 Å². The van der Waals surface area contributed by atoms with Gasteiger partial charge in [-0.25, -0.2) is 4.79 Å². The van der Waals surface area contributed by atoms with Gasteiger partial charge in [0, 0.05) is 18.0 Å². The van der Waals surface area contributed by atoms with E-state index in [4.69, 9.17) is 0 Å². The van der Waals surface area contributed by atoms with Crippen LogP contribution in [-0.2, 0) is 19.8 Å². The SMILES string of the molecule is COC(=O)C1=CC(C)=C(n2cccc2)C(=S(=O)=O)C1CF. The van der Waals surface area contributed by atoms with E-state index in [9.17, 15) is 17.6 Å². The van der Waals surface area contributed by atoms with Crippen LogP contribution in [0.2, 0.25) is 0 Å². The summed E-state index contributed by atoms with van der Waals surface area (Å²) < 4.78 is 42.8. The number of esters is 1. The molecule has 1 heterocycles. The topological polar surface area (TPSA) is 65.4 Å². The Morgan fingerprint density at radius 1 is 1.38 bits per heavy atom. The molecule has 1 unspecified atom stereocenters. The number of hydrogen-bond acceptors (Lipinski definition) is 4. The number of hydrogen-bond donors (Lipinski definition) is 0. The number of nitrogens with zero attached hydrogens (tertiary/aromatic N) is 1. The van der Waals surface area contributed by atoms with Gasteiger partial charge in [0.25, 0.3) is 0 Å². The largest absolute Gasteiger partial charge is 0.466 e. The minimum atomic E-state index is -2.66. The van der Waals surface area contributed by atoms with Gasteiger partial charge in [0.2, 0.25) is 10.3 Å². The molecule has 0 radical (unpaired) electrons. The summed E-state index contributed by atoms with van der Waals surface area (Å²) in [7, 11) is -1.48. The molecule has 0 saturated carbocycles. The third-order valence-corrected chi connectivity index (χ3v) is 4.13. The van der Waals surface area contributed by atoms with Gasteiger partial charge >= 0.3 is 5.97 Å². The Bertz CT molecular complexity index is 749. The zero-order valence-corrected chi connectivity index (χ0v) is 12.4. The average molecular weight is 311 g/mol. The predicted molar refractivity (Wildman–Crippen MR) is 76.8 cm³/mol. The predicted octanol–water partition coefficient (Wildman–Crippen LogP) is 1.47. The van der Waals surface area contributed by atoms with Crippen molar-refractivity contribution in [3.63, 3.8) is 0 Å². The summed E-state index contributed by atoms with van der Waals surface area (Å²) in [6.45, 7) is 0.669. The van der Waals surface area contributed by atoms with E-state index in [2.05, 4.69) is 4.74 Å². The maximum absolute atomic E-state index is 13.4. The fourth-order valence-electron chi connectivity index (χ4n) is 2.38. The van der Waals surface area contributed by atoms with Crippen LogP contribution in [0.3, 0.4) is 0 Å². The summed E-state index contributed by atoms with van der Waals surface area (Å²) in [6, 6.07) is 3.46. The number of carbonyl (C=O) groups excluding carboxylic acids is 1. The molecule has 0 spiro atoms. The normalized spacial score (nSPS) is 18.5. The molecule has 5 nitrogen and oxygen atoms in total. The number of rotatable bonds is 3. The summed E-state index contributed by atoms with van der Waals surface area (Å²) in [6.07, 6.45) is 4.80. The molecule has 1 aliphatic carbocycles. The Morgan fingerprint density at radius 2 is 2.00 bits per heavy atom. The smallest absolute Gasteiger partial charge is 0.334 e.